The molecule has 4 aliphatic rings. The number of hydrogen-bond donors (Lipinski definition) is 1. The van der Waals surface area contributed by atoms with Crippen molar-refractivity contribution < 1.29 is 0 Å². The molecular formula is C19H34N2. The molecule has 1 heterocycles. The summed E-state index contributed by atoms with van der Waals surface area (Å²) in [7, 11) is 0. The quantitative estimate of drug-likeness (QED) is 0.779. The summed E-state index contributed by atoms with van der Waals surface area (Å²) in [5.41, 5.74) is 0. The van der Waals surface area contributed by atoms with Gasteiger partial charge in [-0.15, -0.1) is 0 Å². The third-order valence-electron chi connectivity index (χ3n) is 7.36. The Bertz CT molecular complexity index is 347. The van der Waals surface area contributed by atoms with E-state index in [1.807, 2.05) is 0 Å². The van der Waals surface area contributed by atoms with Crippen LogP contribution in [0.2, 0.25) is 0 Å². The van der Waals surface area contributed by atoms with Gasteiger partial charge < -0.3 is 10.2 Å². The molecule has 1 N–H and O–H groups in total. The summed E-state index contributed by atoms with van der Waals surface area (Å²) in [6, 6.07) is 0.885. The van der Waals surface area contributed by atoms with E-state index < -0.39 is 0 Å². The fourth-order valence-electron chi connectivity index (χ4n) is 6.18. The summed E-state index contributed by atoms with van der Waals surface area (Å²) in [5, 5.41) is 3.95. The molecule has 5 atom stereocenters. The van der Waals surface area contributed by atoms with E-state index in [-0.39, 0.29) is 0 Å². The van der Waals surface area contributed by atoms with Crippen LogP contribution in [0.4, 0.5) is 0 Å². The summed E-state index contributed by atoms with van der Waals surface area (Å²) in [6.07, 6.45) is 11.9. The average Bonchev–Trinajstić information content (AvgIpc) is 3.18. The highest BCUT2D eigenvalue weighted by molar-refractivity contribution is 5.05. The fourth-order valence-corrected chi connectivity index (χ4v) is 6.18. The lowest BCUT2D eigenvalue weighted by molar-refractivity contribution is 0.183. The van der Waals surface area contributed by atoms with Crippen molar-refractivity contribution in [3.63, 3.8) is 0 Å². The predicted octanol–water partition coefficient (Wildman–Crippen LogP) is 3.52. The van der Waals surface area contributed by atoms with Crippen molar-refractivity contribution in [2.24, 2.45) is 29.6 Å². The molecule has 0 aromatic heterocycles. The Morgan fingerprint density at radius 2 is 1.76 bits per heavy atom. The summed E-state index contributed by atoms with van der Waals surface area (Å²) < 4.78 is 0. The number of fused-ring (bicyclic) bond motifs is 5. The molecule has 0 spiro atoms. The number of hydrogen-bond acceptors (Lipinski definition) is 2. The molecule has 0 amide bonds. The van der Waals surface area contributed by atoms with Crippen LogP contribution in [0.15, 0.2) is 0 Å². The zero-order chi connectivity index (χ0) is 14.2. The number of nitrogens with zero attached hydrogens (tertiary/aromatic N) is 1. The van der Waals surface area contributed by atoms with Gasteiger partial charge >= 0.3 is 0 Å². The second-order valence-electron chi connectivity index (χ2n) is 8.59. The Balaban J connectivity index is 1.16. The fraction of sp³-hybridized carbons (Fsp3) is 1.00. The van der Waals surface area contributed by atoms with E-state index in [2.05, 4.69) is 17.1 Å². The normalized spacial score (nSPS) is 43.6. The molecule has 1 saturated heterocycles. The van der Waals surface area contributed by atoms with Crippen LogP contribution in [-0.2, 0) is 0 Å². The number of likely N-dealkylation sites (tertiary alicyclic amines) is 1. The lowest BCUT2D eigenvalue weighted by Gasteiger charge is -2.33. The topological polar surface area (TPSA) is 15.3 Å². The van der Waals surface area contributed by atoms with Gasteiger partial charge in [-0.05, 0) is 101 Å². The minimum Gasteiger partial charge on any atom is -0.314 e. The molecule has 2 nitrogen and oxygen atoms in total. The van der Waals surface area contributed by atoms with Crippen LogP contribution in [-0.4, -0.2) is 37.1 Å². The van der Waals surface area contributed by atoms with Crippen LogP contribution in [0.3, 0.4) is 0 Å². The van der Waals surface area contributed by atoms with E-state index >= 15 is 0 Å². The molecular weight excluding hydrogens is 256 g/mol. The molecule has 0 aromatic carbocycles. The van der Waals surface area contributed by atoms with Crippen molar-refractivity contribution in [3.8, 4) is 0 Å². The van der Waals surface area contributed by atoms with Crippen LogP contribution < -0.4 is 5.32 Å². The van der Waals surface area contributed by atoms with Gasteiger partial charge in [0, 0.05) is 6.04 Å². The summed E-state index contributed by atoms with van der Waals surface area (Å²) >= 11 is 0. The molecule has 5 unspecified atom stereocenters. The molecule has 120 valence electrons. The number of piperidine rings is 1. The van der Waals surface area contributed by atoms with E-state index in [1.165, 1.54) is 58.3 Å². The molecule has 1 aliphatic heterocycles. The second-order valence-corrected chi connectivity index (χ2v) is 8.59. The van der Waals surface area contributed by atoms with Crippen LogP contribution in [0.25, 0.3) is 0 Å². The second kappa shape index (κ2) is 6.20. The van der Waals surface area contributed by atoms with Crippen molar-refractivity contribution in [2.75, 3.05) is 26.2 Å². The minimum absolute atomic E-state index is 0.885. The van der Waals surface area contributed by atoms with Gasteiger partial charge in [0.15, 0.2) is 0 Å². The first-order valence-corrected chi connectivity index (χ1v) is 9.77. The molecule has 0 aromatic rings. The highest BCUT2D eigenvalue weighted by Crippen LogP contribution is 2.58. The number of rotatable bonds is 5. The zero-order valence-corrected chi connectivity index (χ0v) is 13.9. The standard InChI is InChI=1S/C19H34N2/c1-14-6-10-21(11-7-14)9-3-8-20-19-13-15-12-18(19)17-5-2-4-16(15)17/h14-20H,2-13H2,1H3. The van der Waals surface area contributed by atoms with Crippen molar-refractivity contribution in [2.45, 2.75) is 64.3 Å². The Kier molecular flexibility index (Phi) is 4.28. The smallest absolute Gasteiger partial charge is 0.0101 e. The van der Waals surface area contributed by atoms with E-state index in [1.54, 1.807) is 19.3 Å². The summed E-state index contributed by atoms with van der Waals surface area (Å²) in [4.78, 5) is 2.69. The average molecular weight is 290 g/mol. The molecule has 0 radical (unpaired) electrons. The maximum absolute atomic E-state index is 3.95. The monoisotopic (exact) mass is 290 g/mol. The molecule has 3 aliphatic carbocycles. The van der Waals surface area contributed by atoms with Crippen LogP contribution in [0, 0.1) is 29.6 Å². The predicted molar refractivity (Wildman–Crippen MR) is 88.3 cm³/mol. The molecule has 2 bridgehead atoms. The Morgan fingerprint density at radius 1 is 0.952 bits per heavy atom. The van der Waals surface area contributed by atoms with Crippen molar-refractivity contribution in [3.05, 3.63) is 0 Å². The third kappa shape index (κ3) is 2.91. The lowest BCUT2D eigenvalue weighted by Crippen LogP contribution is -2.41. The maximum Gasteiger partial charge on any atom is 0.0101 e. The van der Waals surface area contributed by atoms with Crippen molar-refractivity contribution in [1.82, 2.24) is 10.2 Å². The van der Waals surface area contributed by atoms with Gasteiger partial charge in [-0.25, -0.2) is 0 Å². The van der Waals surface area contributed by atoms with Gasteiger partial charge in [0.2, 0.25) is 0 Å². The van der Waals surface area contributed by atoms with Gasteiger partial charge in [0.1, 0.15) is 0 Å². The van der Waals surface area contributed by atoms with Gasteiger partial charge in [0.25, 0.3) is 0 Å². The molecule has 2 heteroatoms. The van der Waals surface area contributed by atoms with E-state index in [0.717, 1.165) is 35.6 Å². The largest absolute Gasteiger partial charge is 0.314 e. The highest BCUT2D eigenvalue weighted by atomic mass is 15.1. The third-order valence-corrected chi connectivity index (χ3v) is 7.36. The van der Waals surface area contributed by atoms with Gasteiger partial charge in [-0.1, -0.05) is 13.3 Å². The first kappa shape index (κ1) is 14.5. The van der Waals surface area contributed by atoms with Crippen LogP contribution in [0.5, 0.6) is 0 Å². The van der Waals surface area contributed by atoms with Crippen LogP contribution in [0.1, 0.15) is 58.3 Å². The lowest BCUT2D eigenvalue weighted by atomic mass is 9.79. The SMILES string of the molecule is CC1CCN(CCCNC2CC3CC2C2CCCC32)CC1. The van der Waals surface area contributed by atoms with E-state index in [4.69, 9.17) is 0 Å². The van der Waals surface area contributed by atoms with E-state index in [9.17, 15) is 0 Å². The summed E-state index contributed by atoms with van der Waals surface area (Å²) in [5.74, 6) is 5.38. The molecule has 4 fully saturated rings. The summed E-state index contributed by atoms with van der Waals surface area (Å²) in [6.45, 7) is 7.69. The van der Waals surface area contributed by atoms with Gasteiger partial charge in [0.05, 0.1) is 0 Å². The molecule has 21 heavy (non-hydrogen) atoms. The first-order valence-electron chi connectivity index (χ1n) is 9.77. The van der Waals surface area contributed by atoms with Crippen molar-refractivity contribution in [1.29, 1.82) is 0 Å². The van der Waals surface area contributed by atoms with E-state index in [0.29, 0.717) is 0 Å². The highest BCUT2D eigenvalue weighted by Gasteiger charge is 2.53. The zero-order valence-electron chi connectivity index (χ0n) is 13.9. The minimum atomic E-state index is 0.885. The van der Waals surface area contributed by atoms with Crippen LogP contribution >= 0.6 is 0 Å². The Morgan fingerprint density at radius 3 is 2.62 bits per heavy atom. The Hall–Kier alpha value is -0.0800. The van der Waals surface area contributed by atoms with Crippen molar-refractivity contribution >= 4 is 0 Å². The molecule has 4 rings (SSSR count). The maximum atomic E-state index is 3.95. The first-order chi connectivity index (χ1) is 10.3. The molecule has 3 saturated carbocycles. The Labute approximate surface area is 131 Å². The van der Waals surface area contributed by atoms with Gasteiger partial charge in [-0.2, -0.15) is 0 Å². The number of nitrogens with one attached hydrogen (secondary N) is 1. The van der Waals surface area contributed by atoms with Gasteiger partial charge in [-0.3, -0.25) is 0 Å².